The van der Waals surface area contributed by atoms with Gasteiger partial charge in [-0.25, -0.2) is 0 Å². The zero-order valence-corrected chi connectivity index (χ0v) is 40.5. The first kappa shape index (κ1) is 43.3. The molecular weight excluding hydrogens is 887 g/mol. The molecule has 0 amide bonds. The Bertz CT molecular complexity index is 2770. The zero-order valence-electron chi connectivity index (χ0n) is 38.7. The van der Waals surface area contributed by atoms with E-state index in [1.54, 1.807) is 12.1 Å². The third-order valence-corrected chi connectivity index (χ3v) is 14.2. The van der Waals surface area contributed by atoms with E-state index in [1.807, 2.05) is 159 Å². The number of aromatic hydroxyl groups is 1. The summed E-state index contributed by atoms with van der Waals surface area (Å²) in [7, 11) is -4.51. The van der Waals surface area contributed by atoms with Crippen LogP contribution in [0.3, 0.4) is 0 Å². The Morgan fingerprint density at radius 2 is 0.627 bits per heavy atom. The lowest BCUT2D eigenvalue weighted by atomic mass is 10.0. The highest BCUT2D eigenvalue weighted by molar-refractivity contribution is 7.43. The normalized spacial score (nSPS) is 17.4. The summed E-state index contributed by atoms with van der Waals surface area (Å²) >= 11 is 0. The minimum absolute atomic E-state index is 0.0728. The smallest absolute Gasteiger partial charge is 0.506 e. The highest BCUT2D eigenvalue weighted by Crippen LogP contribution is 2.56. The maximum atomic E-state index is 12.6. The minimum Gasteiger partial charge on any atom is -0.506 e. The third kappa shape index (κ3) is 8.42. The average molecular weight is 939 g/mol. The number of phenolic OH excluding ortho intramolecular Hbond substituents is 1. The maximum absolute atomic E-state index is 12.6. The Balaban J connectivity index is 0.983. The largest absolute Gasteiger partial charge is 0.530 e. The van der Waals surface area contributed by atoms with Gasteiger partial charge in [0.2, 0.25) is 0 Å². The van der Waals surface area contributed by atoms with Crippen molar-refractivity contribution < 1.29 is 51.2 Å². The van der Waals surface area contributed by atoms with Gasteiger partial charge in [-0.3, -0.25) is 0 Å². The van der Waals surface area contributed by atoms with Crippen molar-refractivity contribution in [3.05, 3.63) is 138 Å². The topological polar surface area (TPSA) is 113 Å². The van der Waals surface area contributed by atoms with Crippen LogP contribution in [0.1, 0.15) is 77.6 Å². The summed E-state index contributed by atoms with van der Waals surface area (Å²) in [5, 5.41) is 14.9. The van der Waals surface area contributed by atoms with Crippen LogP contribution in [0.4, 0.5) is 0 Å². The lowest BCUT2D eigenvalue weighted by Crippen LogP contribution is -2.24. The van der Waals surface area contributed by atoms with Crippen molar-refractivity contribution in [3.63, 3.8) is 0 Å². The maximum Gasteiger partial charge on any atom is 0.530 e. The van der Waals surface area contributed by atoms with Crippen LogP contribution in [0.25, 0.3) is 21.5 Å². The molecule has 7 aromatic rings. The van der Waals surface area contributed by atoms with Gasteiger partial charge in [-0.1, -0.05) is 72.8 Å². The van der Waals surface area contributed by atoms with E-state index < -0.39 is 39.6 Å². The van der Waals surface area contributed by atoms with Crippen molar-refractivity contribution >= 4 is 38.7 Å². The van der Waals surface area contributed by atoms with Crippen LogP contribution in [-0.2, 0) is 25.7 Å². The molecule has 344 valence electrons. The summed E-state index contributed by atoms with van der Waals surface area (Å²) in [6.45, 7) is 16.4. The number of rotatable bonds is 12. The molecule has 0 saturated heterocycles. The van der Waals surface area contributed by atoms with E-state index in [2.05, 4.69) is 0 Å². The van der Waals surface area contributed by atoms with Crippen molar-refractivity contribution in [2.75, 3.05) is 0 Å². The molecule has 11 rings (SSSR count). The van der Waals surface area contributed by atoms with E-state index >= 15 is 0 Å². The van der Waals surface area contributed by atoms with Gasteiger partial charge in [-0.05, 0) is 109 Å². The Morgan fingerprint density at radius 1 is 0.373 bits per heavy atom. The van der Waals surface area contributed by atoms with E-state index in [4.69, 9.17) is 46.1 Å². The standard InChI is InChI=1S/C54H52O11P2/c1-51(2)28-34-17-11-23-40(47(34)56-51)62-66(63-41-24-12-18-35-29-52(3,4)57-48(35)41)60-38-21-9-15-32-27-33-16-10-22-39(45(33)46(55)44(32)38)61-67(64-42-25-13-19-36-30-53(5,6)58-49(36)42)65-43-26-14-20-37-31-54(7,8)59-50(37)43/h9-27,55H,28-31H2,1-8H3. The Morgan fingerprint density at radius 3 is 0.925 bits per heavy atom. The molecule has 0 unspecified atom stereocenters. The molecule has 7 aromatic carbocycles. The van der Waals surface area contributed by atoms with Crippen LogP contribution < -0.4 is 46.1 Å². The lowest BCUT2D eigenvalue weighted by Gasteiger charge is -2.23. The molecule has 4 aliphatic heterocycles. The molecule has 4 aliphatic rings. The molecule has 67 heavy (non-hydrogen) atoms. The predicted octanol–water partition coefficient (Wildman–Crippen LogP) is 14.1. The Kier molecular flexibility index (Phi) is 10.3. The fraction of sp³-hybridized carbons (Fsp3) is 0.296. The van der Waals surface area contributed by atoms with Crippen molar-refractivity contribution in [3.8, 4) is 63.2 Å². The number of benzene rings is 7. The molecule has 0 bridgehead atoms. The summed E-state index contributed by atoms with van der Waals surface area (Å²) in [6, 6.07) is 36.5. The van der Waals surface area contributed by atoms with Gasteiger partial charge in [0.15, 0.2) is 46.0 Å². The summed E-state index contributed by atoms with van der Waals surface area (Å²) in [6.07, 6.45) is 2.89. The van der Waals surface area contributed by atoms with Gasteiger partial charge >= 0.3 is 17.2 Å². The first-order chi connectivity index (χ1) is 32.0. The highest BCUT2D eigenvalue weighted by atomic mass is 31.2. The molecule has 1 N–H and O–H groups in total. The molecule has 0 fully saturated rings. The number of hydrogen-bond donors (Lipinski definition) is 1. The average Bonchev–Trinajstić information content (AvgIpc) is 3.97. The van der Waals surface area contributed by atoms with Gasteiger partial charge in [0.1, 0.15) is 39.7 Å². The van der Waals surface area contributed by atoms with E-state index in [-0.39, 0.29) is 5.75 Å². The Hall–Kier alpha value is -6.28. The van der Waals surface area contributed by atoms with Crippen LogP contribution in [0.2, 0.25) is 0 Å². The van der Waals surface area contributed by atoms with Crippen molar-refractivity contribution in [1.82, 2.24) is 0 Å². The van der Waals surface area contributed by atoms with E-state index in [0.29, 0.717) is 68.3 Å². The lowest BCUT2D eigenvalue weighted by molar-refractivity contribution is 0.134. The number of para-hydroxylation sites is 4. The summed E-state index contributed by atoms with van der Waals surface area (Å²) < 4.78 is 66.1. The van der Waals surface area contributed by atoms with Gasteiger partial charge in [0, 0.05) is 47.9 Å². The van der Waals surface area contributed by atoms with Gasteiger partial charge in [0.05, 0.1) is 10.8 Å². The molecule has 0 atom stereocenters. The van der Waals surface area contributed by atoms with E-state index in [1.165, 1.54) is 0 Å². The van der Waals surface area contributed by atoms with Gasteiger partial charge in [0.25, 0.3) is 0 Å². The number of fused-ring (bicyclic) bond motifs is 6. The third-order valence-electron chi connectivity index (χ3n) is 12.2. The molecule has 0 spiro atoms. The van der Waals surface area contributed by atoms with Crippen LogP contribution >= 0.6 is 17.2 Å². The summed E-state index contributed by atoms with van der Waals surface area (Å²) in [5.74, 6) is 5.09. The molecule has 4 heterocycles. The van der Waals surface area contributed by atoms with Gasteiger partial charge in [-0.15, -0.1) is 0 Å². The second-order valence-electron chi connectivity index (χ2n) is 20.1. The second-order valence-corrected chi connectivity index (χ2v) is 22.1. The van der Waals surface area contributed by atoms with Crippen LogP contribution in [0.15, 0.2) is 115 Å². The predicted molar refractivity (Wildman–Crippen MR) is 260 cm³/mol. The molecule has 13 heteroatoms. The minimum atomic E-state index is -2.25. The molecule has 0 radical (unpaired) electrons. The van der Waals surface area contributed by atoms with Crippen LogP contribution in [0, 0.1) is 0 Å². The fourth-order valence-corrected chi connectivity index (χ4v) is 11.6. The number of ether oxygens (including phenoxy) is 4. The first-order valence-corrected chi connectivity index (χ1v) is 24.7. The number of hydrogen-bond acceptors (Lipinski definition) is 11. The molecule has 0 aliphatic carbocycles. The molecular formula is C54H52O11P2. The van der Waals surface area contributed by atoms with Crippen LogP contribution in [-0.4, -0.2) is 27.5 Å². The van der Waals surface area contributed by atoms with E-state index in [0.717, 1.165) is 58.7 Å². The summed E-state index contributed by atoms with van der Waals surface area (Å²) in [5.41, 5.74) is 2.45. The molecule has 0 aromatic heterocycles. The zero-order chi connectivity index (χ0) is 46.5. The molecule has 11 nitrogen and oxygen atoms in total. The monoisotopic (exact) mass is 938 g/mol. The van der Waals surface area contributed by atoms with E-state index in [9.17, 15) is 5.11 Å². The van der Waals surface area contributed by atoms with Crippen molar-refractivity contribution in [2.45, 2.75) is 103 Å². The van der Waals surface area contributed by atoms with Crippen LogP contribution in [0.5, 0.6) is 63.2 Å². The van der Waals surface area contributed by atoms with Crippen molar-refractivity contribution in [2.24, 2.45) is 0 Å². The summed E-state index contributed by atoms with van der Waals surface area (Å²) in [4.78, 5) is 0. The van der Waals surface area contributed by atoms with Gasteiger partial charge < -0.3 is 51.2 Å². The van der Waals surface area contributed by atoms with Gasteiger partial charge in [-0.2, -0.15) is 0 Å². The quantitative estimate of drug-likeness (QED) is 0.0933. The highest BCUT2D eigenvalue weighted by Gasteiger charge is 2.39. The molecule has 0 saturated carbocycles. The Labute approximate surface area is 392 Å². The van der Waals surface area contributed by atoms with Crippen molar-refractivity contribution in [1.29, 1.82) is 0 Å². The fourth-order valence-electron chi connectivity index (χ4n) is 9.52. The first-order valence-electron chi connectivity index (χ1n) is 22.5. The SMILES string of the molecule is CC1(C)Cc2cccc(OP(Oc3cccc4c3OC(C)(C)C4)Oc3cccc4cc5cccc(OP(Oc6cccc7c6OC(C)(C)C7)Oc6cccc7c6OC(C)(C)C7)c5c(O)c34)c2O1. The number of phenols is 1. The second kappa shape index (κ2) is 15.9.